The molecule has 1 saturated heterocycles. The molecule has 6 heteroatoms. The molecule has 21 heavy (non-hydrogen) atoms. The van der Waals surface area contributed by atoms with E-state index in [1.54, 1.807) is 24.0 Å². The van der Waals surface area contributed by atoms with Crippen LogP contribution in [0.15, 0.2) is 16.5 Å². The van der Waals surface area contributed by atoms with Crippen LogP contribution in [0.4, 0.5) is 4.79 Å². The molecule has 2 heterocycles. The third kappa shape index (κ3) is 4.24. The van der Waals surface area contributed by atoms with Gasteiger partial charge in [-0.2, -0.15) is 0 Å². The van der Waals surface area contributed by atoms with Crippen molar-refractivity contribution in [2.45, 2.75) is 45.8 Å². The maximum Gasteiger partial charge on any atom is 0.410 e. The van der Waals surface area contributed by atoms with Gasteiger partial charge >= 0.3 is 6.09 Å². The summed E-state index contributed by atoms with van der Waals surface area (Å²) in [5.41, 5.74) is -0.510. The number of nitrogens with one attached hydrogen (secondary N) is 1. The highest BCUT2D eigenvalue weighted by Crippen LogP contribution is 2.16. The maximum absolute atomic E-state index is 12.0. The summed E-state index contributed by atoms with van der Waals surface area (Å²) in [6, 6.07) is 3.32. The van der Waals surface area contributed by atoms with E-state index >= 15 is 0 Å². The molecule has 1 atom stereocenters. The average Bonchev–Trinajstić information content (AvgIpc) is 2.96. The van der Waals surface area contributed by atoms with Gasteiger partial charge in [-0.1, -0.05) is 0 Å². The van der Waals surface area contributed by atoms with Crippen LogP contribution in [0.1, 0.15) is 43.5 Å². The molecular weight excluding hydrogens is 272 g/mol. The molecule has 0 bridgehead atoms. The summed E-state index contributed by atoms with van der Waals surface area (Å²) in [5.74, 6) is 0.740. The van der Waals surface area contributed by atoms with E-state index in [2.05, 4.69) is 5.32 Å². The zero-order chi connectivity index (χ0) is 15.6. The number of hydrogen-bond donors (Lipinski definition) is 1. The lowest BCUT2D eigenvalue weighted by atomic mass is 10.2. The molecule has 1 aliphatic rings. The Hall–Kier alpha value is -1.98. The third-order valence-corrected chi connectivity index (χ3v) is 3.14. The molecule has 0 radical (unpaired) electrons. The van der Waals surface area contributed by atoms with Crippen LogP contribution in [0.25, 0.3) is 0 Å². The second kappa shape index (κ2) is 5.79. The van der Waals surface area contributed by atoms with Crippen molar-refractivity contribution in [2.75, 3.05) is 13.1 Å². The van der Waals surface area contributed by atoms with Gasteiger partial charge in [-0.25, -0.2) is 4.79 Å². The predicted octanol–water partition coefficient (Wildman–Crippen LogP) is 2.33. The molecule has 1 aromatic rings. The molecule has 0 spiro atoms. The number of ether oxygens (including phenoxy) is 1. The van der Waals surface area contributed by atoms with E-state index in [0.29, 0.717) is 31.0 Å². The number of aryl methyl sites for hydroxylation is 1. The van der Waals surface area contributed by atoms with Gasteiger partial charge in [0, 0.05) is 19.1 Å². The van der Waals surface area contributed by atoms with Crippen molar-refractivity contribution in [3.8, 4) is 0 Å². The Kier molecular flexibility index (Phi) is 4.25. The Labute approximate surface area is 124 Å². The summed E-state index contributed by atoms with van der Waals surface area (Å²) in [6.07, 6.45) is 0.373. The van der Waals surface area contributed by atoms with Crippen molar-refractivity contribution in [3.05, 3.63) is 23.7 Å². The van der Waals surface area contributed by atoms with Crippen LogP contribution in [-0.4, -0.2) is 41.6 Å². The summed E-state index contributed by atoms with van der Waals surface area (Å²) in [4.78, 5) is 25.5. The Balaban J connectivity index is 1.85. The fourth-order valence-corrected chi connectivity index (χ4v) is 2.18. The molecule has 1 aliphatic heterocycles. The first kappa shape index (κ1) is 15.4. The zero-order valence-corrected chi connectivity index (χ0v) is 12.9. The summed E-state index contributed by atoms with van der Waals surface area (Å²) >= 11 is 0. The van der Waals surface area contributed by atoms with Gasteiger partial charge in [-0.3, -0.25) is 4.79 Å². The van der Waals surface area contributed by atoms with Crippen molar-refractivity contribution in [1.82, 2.24) is 10.2 Å². The molecule has 0 aromatic carbocycles. The number of carbonyl (C=O) groups is 2. The summed E-state index contributed by atoms with van der Waals surface area (Å²) < 4.78 is 10.6. The largest absolute Gasteiger partial charge is 0.456 e. The minimum absolute atomic E-state index is 0.0737. The predicted molar refractivity (Wildman–Crippen MR) is 77.1 cm³/mol. The minimum Gasteiger partial charge on any atom is -0.456 e. The zero-order valence-electron chi connectivity index (χ0n) is 12.9. The Morgan fingerprint density at radius 2 is 2.10 bits per heavy atom. The van der Waals surface area contributed by atoms with Gasteiger partial charge in [0.15, 0.2) is 5.76 Å². The van der Waals surface area contributed by atoms with Gasteiger partial charge in [-0.15, -0.1) is 0 Å². The van der Waals surface area contributed by atoms with Gasteiger partial charge in [0.05, 0.1) is 0 Å². The molecule has 0 aliphatic carbocycles. The van der Waals surface area contributed by atoms with Crippen LogP contribution in [-0.2, 0) is 4.74 Å². The Morgan fingerprint density at radius 3 is 2.67 bits per heavy atom. The second-order valence-electron chi connectivity index (χ2n) is 6.30. The highest BCUT2D eigenvalue weighted by molar-refractivity contribution is 5.91. The first-order valence-corrected chi connectivity index (χ1v) is 7.10. The lowest BCUT2D eigenvalue weighted by molar-refractivity contribution is 0.0290. The van der Waals surface area contributed by atoms with Crippen LogP contribution >= 0.6 is 0 Å². The summed E-state index contributed by atoms with van der Waals surface area (Å²) in [7, 11) is 0. The van der Waals surface area contributed by atoms with E-state index in [-0.39, 0.29) is 18.0 Å². The number of carbonyl (C=O) groups excluding carboxylic acids is 2. The number of amides is 2. The smallest absolute Gasteiger partial charge is 0.410 e. The van der Waals surface area contributed by atoms with Crippen LogP contribution in [0.2, 0.25) is 0 Å². The van der Waals surface area contributed by atoms with Crippen molar-refractivity contribution >= 4 is 12.0 Å². The van der Waals surface area contributed by atoms with Crippen LogP contribution in [0, 0.1) is 6.92 Å². The number of nitrogens with zero attached hydrogens (tertiary/aromatic N) is 1. The SMILES string of the molecule is Cc1ccc(C(=O)N[C@@H]2CCN(C(=O)OC(C)(C)C)C2)o1. The third-order valence-electron chi connectivity index (χ3n) is 3.14. The first-order chi connectivity index (χ1) is 9.74. The van der Waals surface area contributed by atoms with Gasteiger partial charge in [0.2, 0.25) is 0 Å². The number of rotatable bonds is 2. The minimum atomic E-state index is -0.510. The van der Waals surface area contributed by atoms with Gasteiger partial charge in [0.25, 0.3) is 5.91 Å². The average molecular weight is 294 g/mol. The highest BCUT2D eigenvalue weighted by Gasteiger charge is 2.30. The molecule has 116 valence electrons. The first-order valence-electron chi connectivity index (χ1n) is 7.10. The van der Waals surface area contributed by atoms with Crippen molar-refractivity contribution in [1.29, 1.82) is 0 Å². The normalized spacial score (nSPS) is 18.7. The molecule has 0 unspecified atom stereocenters. The molecule has 0 saturated carbocycles. The molecule has 1 fully saturated rings. The van der Waals surface area contributed by atoms with Crippen LogP contribution in [0.5, 0.6) is 0 Å². The van der Waals surface area contributed by atoms with E-state index in [1.165, 1.54) is 0 Å². The molecule has 6 nitrogen and oxygen atoms in total. The monoisotopic (exact) mass is 294 g/mol. The van der Waals surface area contributed by atoms with E-state index in [4.69, 9.17) is 9.15 Å². The van der Waals surface area contributed by atoms with Gasteiger partial charge in [0.1, 0.15) is 11.4 Å². The van der Waals surface area contributed by atoms with Gasteiger partial charge in [-0.05, 0) is 46.2 Å². The van der Waals surface area contributed by atoms with Crippen molar-refractivity contribution in [3.63, 3.8) is 0 Å². The Bertz CT molecular complexity index is 530. The lowest BCUT2D eigenvalue weighted by Gasteiger charge is -2.24. The molecule has 1 aromatic heterocycles. The fraction of sp³-hybridized carbons (Fsp3) is 0.600. The summed E-state index contributed by atoms with van der Waals surface area (Å²) in [6.45, 7) is 8.33. The molecular formula is C15H22N2O4. The lowest BCUT2D eigenvalue weighted by Crippen LogP contribution is -2.40. The Morgan fingerprint density at radius 1 is 1.38 bits per heavy atom. The second-order valence-corrected chi connectivity index (χ2v) is 6.30. The number of likely N-dealkylation sites (tertiary alicyclic amines) is 1. The maximum atomic E-state index is 12.0. The highest BCUT2D eigenvalue weighted by atomic mass is 16.6. The van der Waals surface area contributed by atoms with Crippen molar-refractivity contribution < 1.29 is 18.7 Å². The number of furan rings is 1. The quantitative estimate of drug-likeness (QED) is 0.908. The van der Waals surface area contributed by atoms with Crippen molar-refractivity contribution in [2.24, 2.45) is 0 Å². The topological polar surface area (TPSA) is 71.8 Å². The summed E-state index contributed by atoms with van der Waals surface area (Å²) in [5, 5.41) is 2.87. The fourth-order valence-electron chi connectivity index (χ4n) is 2.18. The van der Waals surface area contributed by atoms with E-state index in [9.17, 15) is 9.59 Å². The van der Waals surface area contributed by atoms with E-state index < -0.39 is 5.60 Å². The van der Waals surface area contributed by atoms with E-state index in [1.807, 2.05) is 20.8 Å². The standard InChI is InChI=1S/C15H22N2O4/c1-10-5-6-12(20-10)13(18)16-11-7-8-17(9-11)14(19)21-15(2,3)4/h5-6,11H,7-9H2,1-4H3,(H,16,18)/t11-/m1/s1. The van der Waals surface area contributed by atoms with Crippen LogP contribution < -0.4 is 5.32 Å². The molecule has 2 rings (SSSR count). The van der Waals surface area contributed by atoms with Crippen LogP contribution in [0.3, 0.4) is 0 Å². The number of hydrogen-bond acceptors (Lipinski definition) is 4. The van der Waals surface area contributed by atoms with E-state index in [0.717, 1.165) is 0 Å². The molecule has 1 N–H and O–H groups in total. The molecule has 2 amide bonds. The van der Waals surface area contributed by atoms with Gasteiger partial charge < -0.3 is 19.4 Å².